The number of aliphatic imine (C=N–C) groups is 1. The molecule has 0 radical (unpaired) electrons. The van der Waals surface area contributed by atoms with E-state index in [9.17, 15) is 0 Å². The first kappa shape index (κ1) is 18.3. The normalized spacial score (nSPS) is 21.8. The molecule has 1 saturated carbocycles. The number of thiazole rings is 1. The molecule has 0 saturated heterocycles. The van der Waals surface area contributed by atoms with Crippen LogP contribution in [-0.2, 0) is 17.0 Å². The molecule has 1 aliphatic carbocycles. The molecule has 6 heteroatoms. The zero-order valence-electron chi connectivity index (χ0n) is 16.4. The van der Waals surface area contributed by atoms with Crippen LogP contribution in [-0.4, -0.2) is 22.6 Å². The lowest BCUT2D eigenvalue weighted by atomic mass is 9.93. The number of nitrogens with two attached hydrogens (primary N) is 1. The van der Waals surface area contributed by atoms with E-state index in [1.807, 2.05) is 16.5 Å². The van der Waals surface area contributed by atoms with Crippen LogP contribution >= 0.6 is 11.3 Å². The number of hydrogen-bond donors (Lipinski definition) is 1. The number of aryl methyl sites for hydroxylation is 1. The van der Waals surface area contributed by atoms with Crippen molar-refractivity contribution in [1.29, 1.82) is 0 Å². The van der Waals surface area contributed by atoms with Gasteiger partial charge >= 0.3 is 0 Å². The zero-order chi connectivity index (χ0) is 19.8. The zero-order valence-corrected chi connectivity index (χ0v) is 17.2. The van der Waals surface area contributed by atoms with Crippen molar-refractivity contribution >= 4 is 17.3 Å². The van der Waals surface area contributed by atoms with Crippen LogP contribution in [0.15, 0.2) is 65.1 Å². The summed E-state index contributed by atoms with van der Waals surface area (Å²) in [4.78, 5) is 11.2. The van der Waals surface area contributed by atoms with Gasteiger partial charge in [0.25, 0.3) is 0 Å². The summed E-state index contributed by atoms with van der Waals surface area (Å²) in [6.45, 7) is 3.16. The minimum Gasteiger partial charge on any atom is -0.370 e. The molecule has 5 nitrogen and oxygen atoms in total. The van der Waals surface area contributed by atoms with Crippen LogP contribution in [0.3, 0.4) is 0 Å². The highest BCUT2D eigenvalue weighted by atomic mass is 32.1. The molecule has 0 amide bonds. The molecule has 2 aromatic carbocycles. The lowest BCUT2D eigenvalue weighted by molar-refractivity contribution is -0.110. The number of aromatic nitrogens is 1. The van der Waals surface area contributed by atoms with Gasteiger partial charge in [-0.1, -0.05) is 48.0 Å². The van der Waals surface area contributed by atoms with E-state index in [2.05, 4.69) is 60.4 Å². The molecule has 1 aromatic heterocycles. The number of guanidine groups is 1. The van der Waals surface area contributed by atoms with Crippen molar-refractivity contribution in [2.24, 2.45) is 16.6 Å². The Morgan fingerprint density at radius 3 is 2.66 bits per heavy atom. The summed E-state index contributed by atoms with van der Waals surface area (Å²) >= 11 is 1.62. The number of ether oxygens (including phenoxy) is 1. The van der Waals surface area contributed by atoms with Crippen molar-refractivity contribution in [2.75, 3.05) is 6.73 Å². The smallest absolute Gasteiger partial charge is 0.196 e. The van der Waals surface area contributed by atoms with Crippen LogP contribution < -0.4 is 5.73 Å². The topological polar surface area (TPSA) is 63.7 Å². The van der Waals surface area contributed by atoms with Crippen LogP contribution in [0.1, 0.15) is 29.0 Å². The third-order valence-corrected chi connectivity index (χ3v) is 6.38. The highest BCUT2D eigenvalue weighted by Gasteiger charge is 2.50. The highest BCUT2D eigenvalue weighted by Crippen LogP contribution is 2.51. The van der Waals surface area contributed by atoms with Gasteiger partial charge in [-0.05, 0) is 37.0 Å². The summed E-state index contributed by atoms with van der Waals surface area (Å²) in [5, 5.41) is 2.98. The molecule has 2 N–H and O–H groups in total. The van der Waals surface area contributed by atoms with Gasteiger partial charge in [-0.15, -0.1) is 11.3 Å². The van der Waals surface area contributed by atoms with Crippen molar-refractivity contribution in [3.63, 3.8) is 0 Å². The lowest BCUT2D eigenvalue weighted by Gasteiger charge is -2.39. The number of nitrogens with zero attached hydrogens (tertiary/aromatic N) is 3. The third kappa shape index (κ3) is 3.54. The minimum absolute atomic E-state index is 0.371. The maximum atomic E-state index is 6.46. The summed E-state index contributed by atoms with van der Waals surface area (Å²) < 4.78 is 6.46. The van der Waals surface area contributed by atoms with E-state index >= 15 is 0 Å². The quantitative estimate of drug-likeness (QED) is 0.681. The second-order valence-electron chi connectivity index (χ2n) is 7.79. The molecule has 0 spiro atoms. The summed E-state index contributed by atoms with van der Waals surface area (Å²) in [5.74, 6) is 0.898. The predicted molar refractivity (Wildman–Crippen MR) is 116 cm³/mol. The van der Waals surface area contributed by atoms with E-state index in [0.717, 1.165) is 23.4 Å². The first-order valence-corrected chi connectivity index (χ1v) is 10.8. The average Bonchev–Trinajstić information content (AvgIpc) is 3.47. The third-order valence-electron chi connectivity index (χ3n) is 5.61. The van der Waals surface area contributed by atoms with Gasteiger partial charge in [-0.3, -0.25) is 0 Å². The molecule has 3 aromatic rings. The van der Waals surface area contributed by atoms with E-state index < -0.39 is 5.72 Å². The van der Waals surface area contributed by atoms with Gasteiger partial charge in [0, 0.05) is 23.1 Å². The Morgan fingerprint density at radius 2 is 1.97 bits per heavy atom. The van der Waals surface area contributed by atoms with Crippen molar-refractivity contribution < 1.29 is 4.74 Å². The van der Waals surface area contributed by atoms with Crippen LogP contribution in [0.25, 0.3) is 11.1 Å². The Morgan fingerprint density at radius 1 is 1.17 bits per heavy atom. The number of benzene rings is 2. The summed E-state index contributed by atoms with van der Waals surface area (Å²) in [6.07, 6.45) is 4.03. The molecule has 1 atom stereocenters. The van der Waals surface area contributed by atoms with Crippen molar-refractivity contribution in [3.05, 3.63) is 76.2 Å². The van der Waals surface area contributed by atoms with E-state index in [-0.39, 0.29) is 0 Å². The van der Waals surface area contributed by atoms with Gasteiger partial charge in [-0.25, -0.2) is 9.98 Å². The van der Waals surface area contributed by atoms with E-state index in [0.29, 0.717) is 25.2 Å². The second kappa shape index (κ2) is 7.28. The highest BCUT2D eigenvalue weighted by molar-refractivity contribution is 7.09. The summed E-state index contributed by atoms with van der Waals surface area (Å²) in [6, 6.07) is 17.1. The van der Waals surface area contributed by atoms with Gasteiger partial charge in [0.1, 0.15) is 11.7 Å². The summed E-state index contributed by atoms with van der Waals surface area (Å²) in [7, 11) is 0. The van der Waals surface area contributed by atoms with Gasteiger partial charge < -0.3 is 15.4 Å². The van der Waals surface area contributed by atoms with Crippen LogP contribution in [0.4, 0.5) is 0 Å². The maximum absolute atomic E-state index is 6.46. The Labute approximate surface area is 174 Å². The molecule has 1 fully saturated rings. The van der Waals surface area contributed by atoms with Gasteiger partial charge in [-0.2, -0.15) is 0 Å². The molecule has 1 unspecified atom stereocenters. The summed E-state index contributed by atoms with van der Waals surface area (Å²) in [5.41, 5.74) is 10.4. The van der Waals surface area contributed by atoms with Crippen LogP contribution in [0, 0.1) is 12.8 Å². The van der Waals surface area contributed by atoms with Gasteiger partial charge in [0.2, 0.25) is 0 Å². The van der Waals surface area contributed by atoms with Crippen molar-refractivity contribution in [1.82, 2.24) is 9.88 Å². The fourth-order valence-electron chi connectivity index (χ4n) is 3.95. The number of rotatable bonds is 5. The first-order valence-electron chi connectivity index (χ1n) is 9.94. The molecule has 2 aliphatic rings. The van der Waals surface area contributed by atoms with Crippen LogP contribution in [0.2, 0.25) is 0 Å². The van der Waals surface area contributed by atoms with E-state index in [1.54, 1.807) is 11.3 Å². The van der Waals surface area contributed by atoms with E-state index in [1.165, 1.54) is 16.7 Å². The fraction of sp³-hybridized carbons (Fsp3) is 0.304. The number of hydrogen-bond acceptors (Lipinski definition) is 6. The van der Waals surface area contributed by atoms with E-state index in [4.69, 9.17) is 15.5 Å². The second-order valence-corrected chi connectivity index (χ2v) is 8.77. The molecule has 29 heavy (non-hydrogen) atoms. The average molecular weight is 405 g/mol. The lowest BCUT2D eigenvalue weighted by Crippen LogP contribution is -2.49. The monoisotopic (exact) mass is 404 g/mol. The molecule has 1 aliphatic heterocycles. The Balaban J connectivity index is 1.50. The maximum Gasteiger partial charge on any atom is 0.196 e. The molecule has 2 heterocycles. The Bertz CT molecular complexity index is 1040. The van der Waals surface area contributed by atoms with Gasteiger partial charge in [0.05, 0.1) is 6.54 Å². The Kier molecular flexibility index (Phi) is 4.60. The van der Waals surface area contributed by atoms with Crippen molar-refractivity contribution in [3.8, 4) is 11.1 Å². The largest absolute Gasteiger partial charge is 0.370 e. The molecular weight excluding hydrogens is 380 g/mol. The fourth-order valence-corrected chi connectivity index (χ4v) is 4.58. The standard InChI is InChI=1S/C23H24N4OS/c1-16-4-2-5-17(12-16)18-6-3-7-20(13-18)23(19-8-9-19)26-22(24)27(15-28-23)14-21-25-10-11-29-21/h2-7,10-13,19H,8-9,14-15H2,1H3,(H2,24,26). The molecule has 5 rings (SSSR count). The van der Waals surface area contributed by atoms with Crippen molar-refractivity contribution in [2.45, 2.75) is 32.0 Å². The Hall–Kier alpha value is -2.70. The first-order chi connectivity index (χ1) is 14.1. The molecule has 0 bridgehead atoms. The van der Waals surface area contributed by atoms with Gasteiger partial charge in [0.15, 0.2) is 11.7 Å². The molecular formula is C23H24N4OS. The molecule has 148 valence electrons. The van der Waals surface area contributed by atoms with Crippen LogP contribution in [0.5, 0.6) is 0 Å². The SMILES string of the molecule is Cc1cccc(-c2cccc(C3(C4CC4)N=C(N)N(Cc4nccs4)CO3)c2)c1. The predicted octanol–water partition coefficient (Wildman–Crippen LogP) is 4.49. The minimum atomic E-state index is -0.691.